The summed E-state index contributed by atoms with van der Waals surface area (Å²) in [5.41, 5.74) is -0.209. The summed E-state index contributed by atoms with van der Waals surface area (Å²) in [5.74, 6) is 0. The number of isocyanates is 1. The first kappa shape index (κ1) is 10.3. The molecule has 0 fully saturated rings. The van der Waals surface area contributed by atoms with Crippen LogP contribution in [0.4, 0.5) is 0 Å². The van der Waals surface area contributed by atoms with E-state index in [9.17, 15) is 4.79 Å². The minimum atomic E-state index is -0.209. The SMILES string of the molecule is COC(C)(C)CC(C)N=C=O. The highest BCUT2D eigenvalue weighted by atomic mass is 16.5. The molecule has 0 bridgehead atoms. The van der Waals surface area contributed by atoms with Crippen molar-refractivity contribution in [2.75, 3.05) is 7.11 Å². The molecule has 0 heterocycles. The average Bonchev–Trinajstić information content (AvgIpc) is 1.87. The molecule has 11 heavy (non-hydrogen) atoms. The molecule has 0 saturated carbocycles. The highest BCUT2D eigenvalue weighted by Crippen LogP contribution is 2.16. The summed E-state index contributed by atoms with van der Waals surface area (Å²) in [5, 5.41) is 0. The van der Waals surface area contributed by atoms with Gasteiger partial charge < -0.3 is 4.74 Å². The van der Waals surface area contributed by atoms with Crippen LogP contribution in [0.2, 0.25) is 0 Å². The Morgan fingerprint density at radius 3 is 2.55 bits per heavy atom. The van der Waals surface area contributed by atoms with Crippen LogP contribution in [0.25, 0.3) is 0 Å². The van der Waals surface area contributed by atoms with Crippen LogP contribution in [0.3, 0.4) is 0 Å². The summed E-state index contributed by atoms with van der Waals surface area (Å²) in [7, 11) is 1.65. The van der Waals surface area contributed by atoms with E-state index in [0.717, 1.165) is 6.42 Å². The molecule has 0 aromatic heterocycles. The van der Waals surface area contributed by atoms with Crippen molar-refractivity contribution in [1.82, 2.24) is 0 Å². The Hall–Kier alpha value is -0.660. The number of methoxy groups -OCH3 is 1. The number of nitrogens with zero attached hydrogens (tertiary/aromatic N) is 1. The third kappa shape index (κ3) is 4.71. The maximum Gasteiger partial charge on any atom is 0.235 e. The molecule has 0 N–H and O–H groups in total. The molecule has 0 aromatic rings. The standard InChI is InChI=1S/C8H15NO2/c1-7(9-6-10)5-8(2,3)11-4/h7H,5H2,1-4H3. The normalized spacial score (nSPS) is 13.8. The number of aliphatic imine (C=N–C) groups is 1. The van der Waals surface area contributed by atoms with Gasteiger partial charge in [0.1, 0.15) is 0 Å². The molecule has 0 aliphatic carbocycles. The Balaban J connectivity index is 3.92. The number of rotatable bonds is 4. The van der Waals surface area contributed by atoms with Gasteiger partial charge in [-0.05, 0) is 27.2 Å². The Bertz CT molecular complexity index is 159. The summed E-state index contributed by atoms with van der Waals surface area (Å²) in [6.07, 6.45) is 2.27. The van der Waals surface area contributed by atoms with Gasteiger partial charge in [0.25, 0.3) is 0 Å². The highest BCUT2D eigenvalue weighted by Gasteiger charge is 2.19. The minimum absolute atomic E-state index is 0.0116. The summed E-state index contributed by atoms with van der Waals surface area (Å²) in [4.78, 5) is 13.4. The van der Waals surface area contributed by atoms with Crippen molar-refractivity contribution in [2.45, 2.75) is 38.8 Å². The van der Waals surface area contributed by atoms with Crippen molar-refractivity contribution < 1.29 is 9.53 Å². The van der Waals surface area contributed by atoms with E-state index in [-0.39, 0.29) is 11.6 Å². The molecule has 0 aliphatic heterocycles. The molecule has 0 spiro atoms. The number of carbonyl (C=O) groups excluding carboxylic acids is 1. The van der Waals surface area contributed by atoms with E-state index in [4.69, 9.17) is 4.74 Å². The number of hydrogen-bond donors (Lipinski definition) is 0. The molecule has 0 aliphatic rings. The largest absolute Gasteiger partial charge is 0.379 e. The molecule has 1 unspecified atom stereocenters. The molecule has 3 heteroatoms. The summed E-state index contributed by atoms with van der Waals surface area (Å²) in [6.45, 7) is 5.79. The van der Waals surface area contributed by atoms with Crippen LogP contribution in [-0.2, 0) is 9.53 Å². The van der Waals surface area contributed by atoms with E-state index in [0.29, 0.717) is 0 Å². The first-order valence-electron chi connectivity index (χ1n) is 3.64. The lowest BCUT2D eigenvalue weighted by molar-refractivity contribution is 0.0116. The van der Waals surface area contributed by atoms with Gasteiger partial charge in [0, 0.05) is 7.11 Å². The first-order chi connectivity index (χ1) is 5.02. The second-order valence-electron chi connectivity index (χ2n) is 3.24. The summed E-state index contributed by atoms with van der Waals surface area (Å²) >= 11 is 0. The smallest absolute Gasteiger partial charge is 0.235 e. The van der Waals surface area contributed by atoms with Gasteiger partial charge in [0.2, 0.25) is 6.08 Å². The lowest BCUT2D eigenvalue weighted by Crippen LogP contribution is -2.26. The van der Waals surface area contributed by atoms with Crippen LogP contribution >= 0.6 is 0 Å². The van der Waals surface area contributed by atoms with Gasteiger partial charge in [-0.1, -0.05) is 0 Å². The van der Waals surface area contributed by atoms with E-state index in [1.807, 2.05) is 20.8 Å². The van der Waals surface area contributed by atoms with Crippen LogP contribution in [0, 0.1) is 0 Å². The van der Waals surface area contributed by atoms with Crippen molar-refractivity contribution in [1.29, 1.82) is 0 Å². The van der Waals surface area contributed by atoms with E-state index >= 15 is 0 Å². The van der Waals surface area contributed by atoms with Crippen molar-refractivity contribution in [2.24, 2.45) is 4.99 Å². The Labute approximate surface area is 67.5 Å². The zero-order valence-electron chi connectivity index (χ0n) is 7.55. The molecule has 1 atom stereocenters. The molecule has 0 amide bonds. The quantitative estimate of drug-likeness (QED) is 0.458. The van der Waals surface area contributed by atoms with E-state index in [1.165, 1.54) is 6.08 Å². The van der Waals surface area contributed by atoms with Gasteiger partial charge in [-0.25, -0.2) is 9.79 Å². The second-order valence-corrected chi connectivity index (χ2v) is 3.24. The maximum absolute atomic E-state index is 9.86. The molecule has 0 radical (unpaired) electrons. The zero-order chi connectivity index (χ0) is 8.91. The maximum atomic E-state index is 9.86. The third-order valence-electron chi connectivity index (χ3n) is 1.61. The lowest BCUT2D eigenvalue weighted by Gasteiger charge is -2.23. The molecular weight excluding hydrogens is 142 g/mol. The first-order valence-corrected chi connectivity index (χ1v) is 3.64. The lowest BCUT2D eigenvalue weighted by atomic mass is 10.0. The highest BCUT2D eigenvalue weighted by molar-refractivity contribution is 5.33. The van der Waals surface area contributed by atoms with E-state index in [2.05, 4.69) is 4.99 Å². The van der Waals surface area contributed by atoms with Crippen LogP contribution in [0.1, 0.15) is 27.2 Å². The summed E-state index contributed by atoms with van der Waals surface area (Å²) in [6, 6.07) is -0.0116. The van der Waals surface area contributed by atoms with E-state index < -0.39 is 0 Å². The van der Waals surface area contributed by atoms with Crippen molar-refractivity contribution >= 4 is 6.08 Å². The summed E-state index contributed by atoms with van der Waals surface area (Å²) < 4.78 is 5.16. The van der Waals surface area contributed by atoms with Crippen LogP contribution in [-0.4, -0.2) is 24.8 Å². The molecule has 0 rings (SSSR count). The van der Waals surface area contributed by atoms with Gasteiger partial charge in [0.05, 0.1) is 11.6 Å². The number of hydrogen-bond acceptors (Lipinski definition) is 3. The van der Waals surface area contributed by atoms with Crippen LogP contribution in [0.5, 0.6) is 0 Å². The fraction of sp³-hybridized carbons (Fsp3) is 0.875. The predicted molar refractivity (Wildman–Crippen MR) is 43.3 cm³/mol. The van der Waals surface area contributed by atoms with Crippen molar-refractivity contribution in [3.63, 3.8) is 0 Å². The van der Waals surface area contributed by atoms with Gasteiger partial charge in [-0.2, -0.15) is 0 Å². The van der Waals surface area contributed by atoms with Gasteiger partial charge in [-0.15, -0.1) is 0 Å². The van der Waals surface area contributed by atoms with Crippen LogP contribution < -0.4 is 0 Å². The average molecular weight is 157 g/mol. The van der Waals surface area contributed by atoms with Gasteiger partial charge in [0.15, 0.2) is 0 Å². The molecule has 3 nitrogen and oxygen atoms in total. The fourth-order valence-electron chi connectivity index (χ4n) is 0.930. The molecular formula is C8H15NO2. The van der Waals surface area contributed by atoms with Crippen molar-refractivity contribution in [3.8, 4) is 0 Å². The zero-order valence-corrected chi connectivity index (χ0v) is 7.55. The molecule has 0 aromatic carbocycles. The van der Waals surface area contributed by atoms with Gasteiger partial charge in [-0.3, -0.25) is 0 Å². The Kier molecular flexibility index (Phi) is 4.01. The second kappa shape index (κ2) is 4.27. The van der Waals surface area contributed by atoms with Gasteiger partial charge >= 0.3 is 0 Å². The monoisotopic (exact) mass is 157 g/mol. The Morgan fingerprint density at radius 1 is 1.64 bits per heavy atom. The molecule has 64 valence electrons. The Morgan fingerprint density at radius 2 is 2.18 bits per heavy atom. The fourth-order valence-corrected chi connectivity index (χ4v) is 0.930. The third-order valence-corrected chi connectivity index (χ3v) is 1.61. The van der Waals surface area contributed by atoms with Crippen LogP contribution in [0.15, 0.2) is 4.99 Å². The number of ether oxygens (including phenoxy) is 1. The topological polar surface area (TPSA) is 38.7 Å². The van der Waals surface area contributed by atoms with Crippen molar-refractivity contribution in [3.05, 3.63) is 0 Å². The van der Waals surface area contributed by atoms with E-state index in [1.54, 1.807) is 7.11 Å². The minimum Gasteiger partial charge on any atom is -0.379 e. The predicted octanol–water partition coefficient (Wildman–Crippen LogP) is 1.53. The molecule has 0 saturated heterocycles.